The molecule has 0 bridgehead atoms. The third-order valence-corrected chi connectivity index (χ3v) is 8.67. The number of nitrogens with zero attached hydrogens (tertiary/aromatic N) is 1. The Hall–Kier alpha value is -0.593. The Morgan fingerprint density at radius 1 is 1.29 bits per heavy atom. The van der Waals surface area contributed by atoms with Gasteiger partial charge in [-0.05, 0) is 43.3 Å². The maximum atomic E-state index is 8.52. The average Bonchev–Trinajstić information content (AvgIpc) is 2.60. The summed E-state index contributed by atoms with van der Waals surface area (Å²) >= 11 is 0. The first-order valence-corrected chi connectivity index (χ1v) is 9.41. The fourth-order valence-electron chi connectivity index (χ4n) is 2.03. The molecular weight excluding hydrogens is 226 g/mol. The standard InChI is InChI=1S/C14H25NOSi/c1-14(2,3)17(4,5)16-13-9-8-12(11-13)7-6-10-15/h6-7,12-13H,8-9,11H2,1-5H3/b7-6+. The second-order valence-corrected chi connectivity index (χ2v) is 11.3. The number of hydrogen-bond acceptors (Lipinski definition) is 2. The molecule has 0 radical (unpaired) electrons. The van der Waals surface area contributed by atoms with E-state index < -0.39 is 8.32 Å². The van der Waals surface area contributed by atoms with Gasteiger partial charge in [-0.1, -0.05) is 26.8 Å². The van der Waals surface area contributed by atoms with Crippen LogP contribution in [0.5, 0.6) is 0 Å². The molecule has 1 aliphatic rings. The Balaban J connectivity index is 2.51. The lowest BCUT2D eigenvalue weighted by Crippen LogP contribution is -2.43. The molecule has 2 unspecified atom stereocenters. The van der Waals surface area contributed by atoms with E-state index in [9.17, 15) is 0 Å². The van der Waals surface area contributed by atoms with Crippen molar-refractivity contribution in [2.24, 2.45) is 5.92 Å². The van der Waals surface area contributed by atoms with Gasteiger partial charge < -0.3 is 4.43 Å². The molecule has 0 aliphatic heterocycles. The highest BCUT2D eigenvalue weighted by atomic mass is 28.4. The minimum atomic E-state index is -1.62. The van der Waals surface area contributed by atoms with E-state index in [4.69, 9.17) is 9.69 Å². The number of rotatable bonds is 3. The SMILES string of the molecule is CC(C)(C)[Si](C)(C)OC1CCC(/C=C/C#N)C1. The van der Waals surface area contributed by atoms with Gasteiger partial charge in [0.05, 0.1) is 6.07 Å². The summed E-state index contributed by atoms with van der Waals surface area (Å²) in [5.41, 5.74) is 0. The summed E-state index contributed by atoms with van der Waals surface area (Å²) < 4.78 is 6.40. The molecule has 1 aliphatic carbocycles. The van der Waals surface area contributed by atoms with Crippen molar-refractivity contribution < 1.29 is 4.43 Å². The Bertz CT molecular complexity index is 322. The Kier molecular flexibility index (Phi) is 4.57. The molecule has 0 N–H and O–H groups in total. The van der Waals surface area contributed by atoms with Crippen LogP contribution >= 0.6 is 0 Å². The first-order valence-electron chi connectivity index (χ1n) is 6.50. The highest BCUT2D eigenvalue weighted by Gasteiger charge is 2.40. The third-order valence-electron chi connectivity index (χ3n) is 4.14. The van der Waals surface area contributed by atoms with E-state index in [-0.39, 0.29) is 5.04 Å². The summed E-state index contributed by atoms with van der Waals surface area (Å²) in [6.45, 7) is 11.5. The molecule has 1 fully saturated rings. The zero-order valence-corrected chi connectivity index (χ0v) is 12.8. The van der Waals surface area contributed by atoms with Crippen LogP contribution in [0, 0.1) is 17.2 Å². The zero-order chi connectivity index (χ0) is 13.1. The van der Waals surface area contributed by atoms with Crippen molar-refractivity contribution in [3.8, 4) is 6.07 Å². The van der Waals surface area contributed by atoms with E-state index in [1.165, 1.54) is 0 Å². The molecule has 0 heterocycles. The van der Waals surface area contributed by atoms with Crippen LogP contribution in [0.1, 0.15) is 40.0 Å². The van der Waals surface area contributed by atoms with Crippen LogP contribution in [-0.4, -0.2) is 14.4 Å². The summed E-state index contributed by atoms with van der Waals surface area (Å²) in [6, 6.07) is 2.07. The molecule has 0 spiro atoms. The van der Waals surface area contributed by atoms with Crippen molar-refractivity contribution in [1.29, 1.82) is 5.26 Å². The lowest BCUT2D eigenvalue weighted by atomic mass is 10.1. The average molecular weight is 251 g/mol. The van der Waals surface area contributed by atoms with Gasteiger partial charge in [-0.2, -0.15) is 5.26 Å². The van der Waals surface area contributed by atoms with Gasteiger partial charge in [0.25, 0.3) is 0 Å². The maximum Gasteiger partial charge on any atom is 0.192 e. The molecule has 3 heteroatoms. The van der Waals surface area contributed by atoms with E-state index in [2.05, 4.69) is 39.9 Å². The van der Waals surface area contributed by atoms with E-state index in [0.717, 1.165) is 19.3 Å². The normalized spacial score (nSPS) is 26.4. The molecule has 17 heavy (non-hydrogen) atoms. The lowest BCUT2D eigenvalue weighted by molar-refractivity contribution is 0.185. The van der Waals surface area contributed by atoms with Crippen LogP contribution in [0.3, 0.4) is 0 Å². The second kappa shape index (κ2) is 5.37. The highest BCUT2D eigenvalue weighted by Crippen LogP contribution is 2.40. The number of hydrogen-bond donors (Lipinski definition) is 0. The van der Waals surface area contributed by atoms with Crippen molar-refractivity contribution in [3.05, 3.63) is 12.2 Å². The monoisotopic (exact) mass is 251 g/mol. The largest absolute Gasteiger partial charge is 0.414 e. The van der Waals surface area contributed by atoms with Crippen LogP contribution < -0.4 is 0 Å². The number of allylic oxidation sites excluding steroid dienone is 2. The smallest absolute Gasteiger partial charge is 0.192 e. The molecular formula is C14H25NOSi. The van der Waals surface area contributed by atoms with Crippen LogP contribution in [-0.2, 0) is 4.43 Å². The summed E-state index contributed by atoms with van der Waals surface area (Å²) in [7, 11) is -1.62. The van der Waals surface area contributed by atoms with Gasteiger partial charge in [0, 0.05) is 12.2 Å². The van der Waals surface area contributed by atoms with Crippen LogP contribution in [0.2, 0.25) is 18.1 Å². The molecule has 1 saturated carbocycles. The van der Waals surface area contributed by atoms with Crippen molar-refractivity contribution in [3.63, 3.8) is 0 Å². The highest BCUT2D eigenvalue weighted by molar-refractivity contribution is 6.74. The molecule has 0 amide bonds. The molecule has 0 saturated heterocycles. The summed E-state index contributed by atoms with van der Waals surface area (Å²) in [6.07, 6.45) is 7.45. The van der Waals surface area contributed by atoms with E-state index >= 15 is 0 Å². The Morgan fingerprint density at radius 2 is 1.94 bits per heavy atom. The first kappa shape index (κ1) is 14.5. The van der Waals surface area contributed by atoms with Gasteiger partial charge in [0.15, 0.2) is 8.32 Å². The summed E-state index contributed by atoms with van der Waals surface area (Å²) in [4.78, 5) is 0. The topological polar surface area (TPSA) is 33.0 Å². The molecule has 0 aromatic heterocycles. The van der Waals surface area contributed by atoms with Crippen LogP contribution in [0.4, 0.5) is 0 Å². The van der Waals surface area contributed by atoms with E-state index in [1.807, 2.05) is 6.08 Å². The van der Waals surface area contributed by atoms with Crippen LogP contribution in [0.25, 0.3) is 0 Å². The van der Waals surface area contributed by atoms with Crippen molar-refractivity contribution in [2.75, 3.05) is 0 Å². The predicted molar refractivity (Wildman–Crippen MR) is 74.2 cm³/mol. The Morgan fingerprint density at radius 3 is 2.47 bits per heavy atom. The quantitative estimate of drug-likeness (QED) is 0.555. The first-order chi connectivity index (χ1) is 7.76. The molecule has 2 nitrogen and oxygen atoms in total. The van der Waals surface area contributed by atoms with Crippen LogP contribution in [0.15, 0.2) is 12.2 Å². The minimum absolute atomic E-state index is 0.285. The zero-order valence-electron chi connectivity index (χ0n) is 11.8. The molecule has 0 aromatic carbocycles. The van der Waals surface area contributed by atoms with E-state index in [1.54, 1.807) is 6.08 Å². The van der Waals surface area contributed by atoms with Gasteiger partial charge >= 0.3 is 0 Å². The molecule has 96 valence electrons. The molecule has 0 aromatic rings. The van der Waals surface area contributed by atoms with Gasteiger partial charge in [-0.15, -0.1) is 0 Å². The molecule has 2 atom stereocenters. The van der Waals surface area contributed by atoms with Gasteiger partial charge in [0.1, 0.15) is 0 Å². The minimum Gasteiger partial charge on any atom is -0.414 e. The lowest BCUT2D eigenvalue weighted by Gasteiger charge is -2.38. The van der Waals surface area contributed by atoms with Crippen molar-refractivity contribution in [1.82, 2.24) is 0 Å². The summed E-state index contributed by atoms with van der Waals surface area (Å²) in [5.74, 6) is 0.546. The van der Waals surface area contributed by atoms with Gasteiger partial charge in [-0.25, -0.2) is 0 Å². The van der Waals surface area contributed by atoms with Gasteiger partial charge in [0.2, 0.25) is 0 Å². The second-order valence-electron chi connectivity index (χ2n) is 6.56. The van der Waals surface area contributed by atoms with Gasteiger partial charge in [-0.3, -0.25) is 0 Å². The fourth-order valence-corrected chi connectivity index (χ4v) is 3.43. The fraction of sp³-hybridized carbons (Fsp3) is 0.786. The van der Waals surface area contributed by atoms with Crippen molar-refractivity contribution in [2.45, 2.75) is 64.3 Å². The third kappa shape index (κ3) is 3.97. The predicted octanol–water partition coefficient (Wildman–Crippen LogP) is 4.26. The Labute approximate surface area is 107 Å². The van der Waals surface area contributed by atoms with E-state index in [0.29, 0.717) is 12.0 Å². The number of nitriles is 1. The summed E-state index contributed by atoms with van der Waals surface area (Å²) in [5, 5.41) is 8.81. The molecule has 1 rings (SSSR count). The maximum absolute atomic E-state index is 8.52. The van der Waals surface area contributed by atoms with Crippen molar-refractivity contribution >= 4 is 8.32 Å².